The highest BCUT2D eigenvalue weighted by Gasteiger charge is 2.36. The van der Waals surface area contributed by atoms with Crippen LogP contribution in [-0.2, 0) is 14.6 Å². The molecule has 35 heavy (non-hydrogen) atoms. The van der Waals surface area contributed by atoms with Crippen LogP contribution in [0.25, 0.3) is 16.6 Å². The van der Waals surface area contributed by atoms with E-state index in [-0.39, 0.29) is 40.8 Å². The van der Waals surface area contributed by atoms with Crippen molar-refractivity contribution in [1.29, 1.82) is 0 Å². The summed E-state index contributed by atoms with van der Waals surface area (Å²) in [6.07, 6.45) is 1.16. The Morgan fingerprint density at radius 1 is 1.23 bits per heavy atom. The first-order valence-electron chi connectivity index (χ1n) is 11.5. The minimum Gasteiger partial charge on any atom is -0.495 e. The van der Waals surface area contributed by atoms with Crippen LogP contribution in [-0.4, -0.2) is 65.2 Å². The summed E-state index contributed by atoms with van der Waals surface area (Å²) in [5.41, 5.74) is 0.823. The number of para-hydroxylation sites is 3. The number of rotatable bonds is 8. The molecular weight excluding hydrogens is 486 g/mol. The lowest BCUT2D eigenvalue weighted by molar-refractivity contribution is -0.132. The standard InChI is InChI=1S/C25H29N3O5S2/c1-4-17(2)27(18-13-14-35(31,32)16-18)23(29)15-34-25-26-20-10-6-5-9-19(20)24(30)28(25)21-11-7-8-12-22(21)33-3/h5-12,17-18H,4,13-16H2,1-3H3. The monoisotopic (exact) mass is 515 g/mol. The van der Waals surface area contributed by atoms with Gasteiger partial charge in [0.25, 0.3) is 5.56 Å². The van der Waals surface area contributed by atoms with Gasteiger partial charge in [-0.2, -0.15) is 0 Å². The summed E-state index contributed by atoms with van der Waals surface area (Å²) < 4.78 is 31.1. The highest BCUT2D eigenvalue weighted by Crippen LogP contribution is 2.28. The molecule has 3 aromatic rings. The quantitative estimate of drug-likeness (QED) is 0.335. The Kier molecular flexibility index (Phi) is 7.51. The van der Waals surface area contributed by atoms with E-state index >= 15 is 0 Å². The SMILES string of the molecule is CCC(C)N(C(=O)CSc1nc2ccccc2c(=O)n1-c1ccccc1OC)C1CCS(=O)(=O)C1. The number of aromatic nitrogens is 2. The Morgan fingerprint density at radius 3 is 2.63 bits per heavy atom. The highest BCUT2D eigenvalue weighted by atomic mass is 32.2. The van der Waals surface area contributed by atoms with Crippen LogP contribution in [0.15, 0.2) is 58.5 Å². The number of hydrogen-bond donors (Lipinski definition) is 0. The molecule has 1 aromatic heterocycles. The maximum absolute atomic E-state index is 13.5. The van der Waals surface area contributed by atoms with Crippen LogP contribution in [0.2, 0.25) is 0 Å². The number of methoxy groups -OCH3 is 1. The van der Waals surface area contributed by atoms with Gasteiger partial charge in [0.05, 0.1) is 41.0 Å². The molecule has 1 fully saturated rings. The molecule has 0 bridgehead atoms. The van der Waals surface area contributed by atoms with Crippen molar-refractivity contribution in [2.75, 3.05) is 24.4 Å². The fourth-order valence-electron chi connectivity index (χ4n) is 4.44. The molecule has 2 unspecified atom stereocenters. The second-order valence-corrected chi connectivity index (χ2v) is 11.8. The molecule has 1 aliphatic heterocycles. The number of sulfone groups is 1. The van der Waals surface area contributed by atoms with Crippen LogP contribution < -0.4 is 10.3 Å². The first-order valence-corrected chi connectivity index (χ1v) is 14.4. The van der Waals surface area contributed by atoms with E-state index in [4.69, 9.17) is 9.72 Å². The van der Waals surface area contributed by atoms with E-state index in [0.29, 0.717) is 40.3 Å². The van der Waals surface area contributed by atoms with Gasteiger partial charge in [-0.05, 0) is 44.0 Å². The number of thioether (sulfide) groups is 1. The van der Waals surface area contributed by atoms with E-state index in [0.717, 1.165) is 0 Å². The third kappa shape index (κ3) is 5.23. The van der Waals surface area contributed by atoms with Gasteiger partial charge in [-0.3, -0.25) is 14.2 Å². The van der Waals surface area contributed by atoms with Gasteiger partial charge in [-0.15, -0.1) is 0 Å². The molecule has 2 aromatic carbocycles. The Labute approximate surface area is 209 Å². The number of nitrogens with zero attached hydrogens (tertiary/aromatic N) is 3. The predicted molar refractivity (Wildman–Crippen MR) is 138 cm³/mol. The van der Waals surface area contributed by atoms with E-state index < -0.39 is 9.84 Å². The number of carbonyl (C=O) groups is 1. The summed E-state index contributed by atoms with van der Waals surface area (Å²) in [5.74, 6) is 0.469. The summed E-state index contributed by atoms with van der Waals surface area (Å²) in [6.45, 7) is 3.91. The average Bonchev–Trinajstić information content (AvgIpc) is 3.21. The third-order valence-corrected chi connectivity index (χ3v) is 9.02. The molecule has 1 amide bonds. The summed E-state index contributed by atoms with van der Waals surface area (Å²) in [4.78, 5) is 33.3. The van der Waals surface area contributed by atoms with Crippen molar-refractivity contribution in [3.63, 3.8) is 0 Å². The Balaban J connectivity index is 1.72. The summed E-state index contributed by atoms with van der Waals surface area (Å²) in [5, 5.41) is 0.834. The van der Waals surface area contributed by atoms with Gasteiger partial charge in [0.15, 0.2) is 15.0 Å². The van der Waals surface area contributed by atoms with E-state index in [1.807, 2.05) is 32.0 Å². The van der Waals surface area contributed by atoms with Crippen LogP contribution in [0.5, 0.6) is 5.75 Å². The molecule has 0 spiro atoms. The number of carbonyl (C=O) groups excluding carboxylic acids is 1. The number of hydrogen-bond acceptors (Lipinski definition) is 7. The minimum atomic E-state index is -3.14. The van der Waals surface area contributed by atoms with Crippen LogP contribution in [0.1, 0.15) is 26.7 Å². The van der Waals surface area contributed by atoms with Gasteiger partial charge >= 0.3 is 0 Å². The molecule has 1 saturated heterocycles. The van der Waals surface area contributed by atoms with Crippen molar-refractivity contribution in [3.05, 3.63) is 58.9 Å². The van der Waals surface area contributed by atoms with Crippen molar-refractivity contribution in [2.24, 2.45) is 0 Å². The Morgan fingerprint density at radius 2 is 1.94 bits per heavy atom. The summed E-state index contributed by atoms with van der Waals surface area (Å²) in [6, 6.07) is 13.8. The molecule has 0 N–H and O–H groups in total. The summed E-state index contributed by atoms with van der Waals surface area (Å²) >= 11 is 1.17. The van der Waals surface area contributed by atoms with Crippen molar-refractivity contribution < 1.29 is 17.9 Å². The van der Waals surface area contributed by atoms with Crippen LogP contribution >= 0.6 is 11.8 Å². The fourth-order valence-corrected chi connectivity index (χ4v) is 7.02. The maximum atomic E-state index is 13.5. The number of ether oxygens (including phenoxy) is 1. The summed E-state index contributed by atoms with van der Waals surface area (Å²) in [7, 11) is -1.60. The topological polar surface area (TPSA) is 98.6 Å². The number of amides is 1. The molecule has 2 atom stereocenters. The molecule has 0 radical (unpaired) electrons. The van der Waals surface area contributed by atoms with Gasteiger partial charge in [-0.25, -0.2) is 13.4 Å². The zero-order valence-corrected chi connectivity index (χ0v) is 21.6. The van der Waals surface area contributed by atoms with Gasteiger partial charge in [0.2, 0.25) is 5.91 Å². The van der Waals surface area contributed by atoms with Gasteiger partial charge in [0.1, 0.15) is 5.75 Å². The van der Waals surface area contributed by atoms with Crippen LogP contribution in [0.4, 0.5) is 0 Å². The zero-order valence-electron chi connectivity index (χ0n) is 20.0. The maximum Gasteiger partial charge on any atom is 0.266 e. The van der Waals surface area contributed by atoms with E-state index in [9.17, 15) is 18.0 Å². The van der Waals surface area contributed by atoms with Crippen LogP contribution in [0.3, 0.4) is 0 Å². The van der Waals surface area contributed by atoms with E-state index in [1.54, 1.807) is 35.2 Å². The highest BCUT2D eigenvalue weighted by molar-refractivity contribution is 7.99. The smallest absolute Gasteiger partial charge is 0.266 e. The molecule has 10 heteroatoms. The van der Waals surface area contributed by atoms with Gasteiger partial charge in [0, 0.05) is 12.1 Å². The third-order valence-electron chi connectivity index (χ3n) is 6.35. The lowest BCUT2D eigenvalue weighted by Gasteiger charge is -2.33. The molecule has 8 nitrogen and oxygen atoms in total. The molecule has 0 saturated carbocycles. The van der Waals surface area contributed by atoms with E-state index in [2.05, 4.69) is 0 Å². The van der Waals surface area contributed by atoms with Crippen molar-refractivity contribution in [2.45, 2.75) is 43.9 Å². The van der Waals surface area contributed by atoms with Crippen molar-refractivity contribution in [3.8, 4) is 11.4 Å². The second kappa shape index (κ2) is 10.4. The molecular formula is C25H29N3O5S2. The first kappa shape index (κ1) is 25.2. The number of benzene rings is 2. The Bertz CT molecular complexity index is 1400. The molecule has 4 rings (SSSR count). The molecule has 0 aliphatic carbocycles. The number of fused-ring (bicyclic) bond motifs is 1. The zero-order chi connectivity index (χ0) is 25.2. The second-order valence-electron chi connectivity index (χ2n) is 8.63. The van der Waals surface area contributed by atoms with Crippen molar-refractivity contribution >= 4 is 38.4 Å². The average molecular weight is 516 g/mol. The molecule has 1 aliphatic rings. The van der Waals surface area contributed by atoms with Crippen molar-refractivity contribution in [1.82, 2.24) is 14.5 Å². The Hall–Kier alpha value is -2.85. The largest absolute Gasteiger partial charge is 0.495 e. The molecule has 2 heterocycles. The molecule has 186 valence electrons. The fraction of sp³-hybridized carbons (Fsp3) is 0.400. The van der Waals surface area contributed by atoms with E-state index in [1.165, 1.54) is 23.4 Å². The minimum absolute atomic E-state index is 0.00606. The van der Waals surface area contributed by atoms with Crippen LogP contribution in [0, 0.1) is 0 Å². The normalized spacial score (nSPS) is 17.9. The lowest BCUT2D eigenvalue weighted by atomic mass is 10.1. The first-order chi connectivity index (χ1) is 16.8. The van der Waals surface area contributed by atoms with Gasteiger partial charge in [-0.1, -0.05) is 43.0 Å². The predicted octanol–water partition coefficient (Wildman–Crippen LogP) is 3.30. The van der Waals surface area contributed by atoms with Gasteiger partial charge < -0.3 is 9.64 Å². The lowest BCUT2D eigenvalue weighted by Crippen LogP contribution is -2.47.